The van der Waals surface area contributed by atoms with Gasteiger partial charge in [-0.15, -0.1) is 11.3 Å². The summed E-state index contributed by atoms with van der Waals surface area (Å²) in [7, 11) is 0. The number of amides is 1. The second-order valence-corrected chi connectivity index (χ2v) is 6.40. The fourth-order valence-corrected chi connectivity index (χ4v) is 3.02. The number of rotatable bonds is 3. The molecule has 0 unspecified atom stereocenters. The molecule has 1 N–H and O–H groups in total. The van der Waals surface area contributed by atoms with Crippen LogP contribution in [0, 0.1) is 11.3 Å². The molecule has 0 fully saturated rings. The minimum absolute atomic E-state index is 0.282. The highest BCUT2D eigenvalue weighted by Gasteiger charge is 2.08. The standard InChI is InChI=1S/C17H10ClN3OS/c18-16-7-6-15(23-16)14-5-4-13(10-20-14)21-17(22)12-3-1-2-11(8-12)9-19/h1-8,10H,(H,21,22). The van der Waals surface area contributed by atoms with Crippen LogP contribution in [0.25, 0.3) is 10.6 Å². The van der Waals surface area contributed by atoms with Crippen molar-refractivity contribution in [3.05, 3.63) is 70.2 Å². The molecule has 0 aliphatic rings. The van der Waals surface area contributed by atoms with Crippen LogP contribution in [0.5, 0.6) is 0 Å². The van der Waals surface area contributed by atoms with E-state index < -0.39 is 0 Å². The third kappa shape index (κ3) is 3.57. The topological polar surface area (TPSA) is 65.8 Å². The Kier molecular flexibility index (Phi) is 4.38. The zero-order valence-electron chi connectivity index (χ0n) is 11.8. The SMILES string of the molecule is N#Cc1cccc(C(=O)Nc2ccc(-c3ccc(Cl)s3)nc2)c1. The number of halogens is 1. The van der Waals surface area contributed by atoms with Crippen molar-refractivity contribution in [2.75, 3.05) is 5.32 Å². The van der Waals surface area contributed by atoms with E-state index in [1.165, 1.54) is 11.3 Å². The lowest BCUT2D eigenvalue weighted by Gasteiger charge is -2.06. The number of benzene rings is 1. The predicted molar refractivity (Wildman–Crippen MR) is 91.7 cm³/mol. The molecular formula is C17H10ClN3OS. The van der Waals surface area contributed by atoms with Crippen LogP contribution in [0.1, 0.15) is 15.9 Å². The van der Waals surface area contributed by atoms with Gasteiger partial charge in [0.2, 0.25) is 0 Å². The van der Waals surface area contributed by atoms with Gasteiger partial charge in [0.15, 0.2) is 0 Å². The molecule has 2 aromatic heterocycles. The number of carbonyl (C=O) groups is 1. The molecule has 0 bridgehead atoms. The average molecular weight is 340 g/mol. The molecule has 4 nitrogen and oxygen atoms in total. The number of nitrogens with zero attached hydrogens (tertiary/aromatic N) is 2. The fourth-order valence-electron chi connectivity index (χ4n) is 2.00. The van der Waals surface area contributed by atoms with Crippen molar-refractivity contribution in [2.45, 2.75) is 0 Å². The molecule has 0 spiro atoms. The molecule has 0 aliphatic heterocycles. The van der Waals surface area contributed by atoms with Crippen molar-refractivity contribution in [3.63, 3.8) is 0 Å². The molecule has 6 heteroatoms. The molecule has 112 valence electrons. The largest absolute Gasteiger partial charge is 0.321 e. The minimum atomic E-state index is -0.282. The van der Waals surface area contributed by atoms with E-state index >= 15 is 0 Å². The van der Waals surface area contributed by atoms with E-state index in [1.54, 1.807) is 36.5 Å². The van der Waals surface area contributed by atoms with Crippen molar-refractivity contribution in [1.82, 2.24) is 4.98 Å². The van der Waals surface area contributed by atoms with Crippen molar-refractivity contribution >= 4 is 34.5 Å². The van der Waals surface area contributed by atoms with Crippen LogP contribution in [-0.4, -0.2) is 10.9 Å². The second kappa shape index (κ2) is 6.61. The van der Waals surface area contributed by atoms with E-state index in [1.807, 2.05) is 24.3 Å². The number of hydrogen-bond acceptors (Lipinski definition) is 4. The number of nitriles is 1. The summed E-state index contributed by atoms with van der Waals surface area (Å²) in [5.41, 5.74) is 2.26. The molecule has 3 rings (SSSR count). The van der Waals surface area contributed by atoms with E-state index in [0.717, 1.165) is 10.6 Å². The van der Waals surface area contributed by atoms with Gasteiger partial charge in [-0.1, -0.05) is 17.7 Å². The van der Waals surface area contributed by atoms with Gasteiger partial charge in [-0.3, -0.25) is 9.78 Å². The zero-order chi connectivity index (χ0) is 16.2. The quantitative estimate of drug-likeness (QED) is 0.759. The van der Waals surface area contributed by atoms with Gasteiger partial charge in [0, 0.05) is 5.56 Å². The summed E-state index contributed by atoms with van der Waals surface area (Å²) in [6, 6.07) is 15.9. The maximum absolute atomic E-state index is 12.2. The Balaban J connectivity index is 1.75. The summed E-state index contributed by atoms with van der Waals surface area (Å²) >= 11 is 7.36. The van der Waals surface area contributed by atoms with Crippen molar-refractivity contribution < 1.29 is 4.79 Å². The highest BCUT2D eigenvalue weighted by Crippen LogP contribution is 2.30. The lowest BCUT2D eigenvalue weighted by atomic mass is 10.1. The molecule has 1 amide bonds. The first-order valence-corrected chi connectivity index (χ1v) is 7.88. The van der Waals surface area contributed by atoms with Crippen LogP contribution in [0.2, 0.25) is 4.34 Å². The maximum atomic E-state index is 12.2. The van der Waals surface area contributed by atoms with Crippen LogP contribution in [0.4, 0.5) is 5.69 Å². The summed E-state index contributed by atoms with van der Waals surface area (Å²) in [6.45, 7) is 0. The Morgan fingerprint density at radius 3 is 2.74 bits per heavy atom. The summed E-state index contributed by atoms with van der Waals surface area (Å²) in [5.74, 6) is -0.282. The molecule has 0 aliphatic carbocycles. The highest BCUT2D eigenvalue weighted by atomic mass is 35.5. The Morgan fingerprint density at radius 1 is 1.22 bits per heavy atom. The van der Waals surface area contributed by atoms with E-state index in [9.17, 15) is 4.79 Å². The summed E-state index contributed by atoms with van der Waals surface area (Å²) in [6.07, 6.45) is 1.59. The number of pyridine rings is 1. The van der Waals surface area contributed by atoms with E-state index in [0.29, 0.717) is 21.2 Å². The van der Waals surface area contributed by atoms with Crippen LogP contribution >= 0.6 is 22.9 Å². The Hall–Kier alpha value is -2.68. The molecular weight excluding hydrogens is 330 g/mol. The Labute approximate surface area is 142 Å². The average Bonchev–Trinajstić information content (AvgIpc) is 3.02. The first kappa shape index (κ1) is 15.2. The molecule has 0 saturated heterocycles. The van der Waals surface area contributed by atoms with E-state index in [-0.39, 0.29) is 5.91 Å². The molecule has 0 atom stereocenters. The fraction of sp³-hybridized carbons (Fsp3) is 0. The predicted octanol–water partition coefficient (Wildman–Crippen LogP) is 4.59. The van der Waals surface area contributed by atoms with Gasteiger partial charge >= 0.3 is 0 Å². The van der Waals surface area contributed by atoms with Crippen molar-refractivity contribution in [3.8, 4) is 16.6 Å². The first-order chi connectivity index (χ1) is 11.2. The maximum Gasteiger partial charge on any atom is 0.255 e. The minimum Gasteiger partial charge on any atom is -0.321 e. The number of aromatic nitrogens is 1. The van der Waals surface area contributed by atoms with Crippen LogP contribution in [-0.2, 0) is 0 Å². The lowest BCUT2D eigenvalue weighted by molar-refractivity contribution is 0.102. The molecule has 3 aromatic rings. The highest BCUT2D eigenvalue weighted by molar-refractivity contribution is 7.19. The first-order valence-electron chi connectivity index (χ1n) is 6.69. The van der Waals surface area contributed by atoms with Crippen molar-refractivity contribution in [2.24, 2.45) is 0 Å². The van der Waals surface area contributed by atoms with Crippen LogP contribution in [0.15, 0.2) is 54.7 Å². The second-order valence-electron chi connectivity index (χ2n) is 4.68. The van der Waals surface area contributed by atoms with Gasteiger partial charge in [-0.25, -0.2) is 0 Å². The van der Waals surface area contributed by atoms with Crippen LogP contribution in [0.3, 0.4) is 0 Å². The monoisotopic (exact) mass is 339 g/mol. The number of thiophene rings is 1. The van der Waals surface area contributed by atoms with Gasteiger partial charge in [0.05, 0.1) is 38.4 Å². The number of nitrogens with one attached hydrogen (secondary N) is 1. The third-order valence-corrected chi connectivity index (χ3v) is 4.35. The summed E-state index contributed by atoms with van der Waals surface area (Å²) in [4.78, 5) is 17.5. The van der Waals surface area contributed by atoms with Gasteiger partial charge in [0.1, 0.15) is 0 Å². The number of hydrogen-bond donors (Lipinski definition) is 1. The Morgan fingerprint density at radius 2 is 2.09 bits per heavy atom. The van der Waals surface area contributed by atoms with E-state index in [2.05, 4.69) is 10.3 Å². The Bertz CT molecular complexity index is 897. The summed E-state index contributed by atoms with van der Waals surface area (Å²) < 4.78 is 0.705. The number of carbonyl (C=O) groups excluding carboxylic acids is 1. The summed E-state index contributed by atoms with van der Waals surface area (Å²) in [5, 5.41) is 11.6. The smallest absolute Gasteiger partial charge is 0.255 e. The molecule has 0 radical (unpaired) electrons. The zero-order valence-corrected chi connectivity index (χ0v) is 13.4. The van der Waals surface area contributed by atoms with Gasteiger partial charge in [0.25, 0.3) is 5.91 Å². The van der Waals surface area contributed by atoms with Crippen LogP contribution < -0.4 is 5.32 Å². The molecule has 23 heavy (non-hydrogen) atoms. The van der Waals surface area contributed by atoms with E-state index in [4.69, 9.17) is 16.9 Å². The van der Waals surface area contributed by atoms with Gasteiger partial charge in [-0.05, 0) is 42.5 Å². The van der Waals surface area contributed by atoms with Gasteiger partial charge < -0.3 is 5.32 Å². The molecule has 1 aromatic carbocycles. The van der Waals surface area contributed by atoms with Crippen molar-refractivity contribution in [1.29, 1.82) is 5.26 Å². The third-order valence-electron chi connectivity index (χ3n) is 3.10. The lowest BCUT2D eigenvalue weighted by Crippen LogP contribution is -2.12. The normalized spacial score (nSPS) is 10.1. The van der Waals surface area contributed by atoms with Gasteiger partial charge in [-0.2, -0.15) is 5.26 Å². The molecule has 2 heterocycles. The number of anilines is 1. The molecule has 0 saturated carbocycles.